The molecule has 3 heteroatoms. The van der Waals surface area contributed by atoms with Crippen molar-refractivity contribution < 1.29 is 4.74 Å². The van der Waals surface area contributed by atoms with Crippen LogP contribution in [0.4, 0.5) is 5.69 Å². The maximum atomic E-state index is 6.19. The number of fused-ring (bicyclic) bond motifs is 1. The molecule has 0 saturated carbocycles. The lowest BCUT2D eigenvalue weighted by atomic mass is 10.1. The molecule has 104 valence electrons. The SMILES string of the molecule is CC(C)N1CCCC(Oc2ccc3c(c2)CCN3)C1. The molecule has 1 aromatic rings. The summed E-state index contributed by atoms with van der Waals surface area (Å²) in [6, 6.07) is 7.09. The van der Waals surface area contributed by atoms with Crippen molar-refractivity contribution >= 4 is 5.69 Å². The van der Waals surface area contributed by atoms with Crippen molar-refractivity contribution in [3.05, 3.63) is 23.8 Å². The molecule has 0 radical (unpaired) electrons. The number of ether oxygens (including phenoxy) is 1. The molecule has 1 N–H and O–H groups in total. The Morgan fingerprint density at radius 1 is 1.37 bits per heavy atom. The Kier molecular flexibility index (Phi) is 3.65. The average molecular weight is 260 g/mol. The van der Waals surface area contributed by atoms with E-state index in [1.165, 1.54) is 30.6 Å². The fraction of sp³-hybridized carbons (Fsp3) is 0.625. The van der Waals surface area contributed by atoms with Crippen molar-refractivity contribution in [2.45, 2.75) is 45.3 Å². The summed E-state index contributed by atoms with van der Waals surface area (Å²) in [7, 11) is 0. The van der Waals surface area contributed by atoms with Crippen LogP contribution in [0.2, 0.25) is 0 Å². The van der Waals surface area contributed by atoms with E-state index in [1.54, 1.807) is 0 Å². The van der Waals surface area contributed by atoms with Crippen LogP contribution < -0.4 is 10.1 Å². The fourth-order valence-corrected chi connectivity index (χ4v) is 3.08. The molecule has 0 aromatic heterocycles. The first-order chi connectivity index (χ1) is 9.22. The monoisotopic (exact) mass is 260 g/mol. The summed E-state index contributed by atoms with van der Waals surface area (Å²) in [5.74, 6) is 1.04. The molecule has 2 heterocycles. The number of nitrogens with zero attached hydrogens (tertiary/aromatic N) is 1. The van der Waals surface area contributed by atoms with Crippen LogP contribution in [0.3, 0.4) is 0 Å². The maximum Gasteiger partial charge on any atom is 0.120 e. The summed E-state index contributed by atoms with van der Waals surface area (Å²) in [6.45, 7) is 7.87. The predicted octanol–water partition coefficient (Wildman–Crippen LogP) is 2.91. The van der Waals surface area contributed by atoms with Gasteiger partial charge in [-0.1, -0.05) is 0 Å². The van der Waals surface area contributed by atoms with Gasteiger partial charge >= 0.3 is 0 Å². The standard InChI is InChI=1S/C16H24N2O/c1-12(2)18-9-3-4-15(11-18)19-14-5-6-16-13(10-14)7-8-17-16/h5-6,10,12,15,17H,3-4,7-9,11H2,1-2H3. The Bertz CT molecular complexity index is 444. The molecule has 19 heavy (non-hydrogen) atoms. The summed E-state index contributed by atoms with van der Waals surface area (Å²) < 4.78 is 6.19. The van der Waals surface area contributed by atoms with Gasteiger partial charge in [0.2, 0.25) is 0 Å². The Morgan fingerprint density at radius 2 is 2.26 bits per heavy atom. The van der Waals surface area contributed by atoms with E-state index in [1.807, 2.05) is 0 Å². The zero-order valence-corrected chi connectivity index (χ0v) is 12.0. The summed E-state index contributed by atoms with van der Waals surface area (Å²) in [5.41, 5.74) is 2.67. The third-order valence-electron chi connectivity index (χ3n) is 4.23. The molecule has 1 saturated heterocycles. The zero-order valence-electron chi connectivity index (χ0n) is 12.0. The van der Waals surface area contributed by atoms with Crippen LogP contribution in [0.25, 0.3) is 0 Å². The van der Waals surface area contributed by atoms with Crippen LogP contribution in [0.1, 0.15) is 32.3 Å². The van der Waals surface area contributed by atoms with Crippen LogP contribution in [-0.4, -0.2) is 36.7 Å². The number of piperidine rings is 1. The number of nitrogens with one attached hydrogen (secondary N) is 1. The van der Waals surface area contributed by atoms with Gasteiger partial charge in [-0.2, -0.15) is 0 Å². The van der Waals surface area contributed by atoms with Crippen molar-refractivity contribution in [3.63, 3.8) is 0 Å². The van der Waals surface area contributed by atoms with E-state index in [-0.39, 0.29) is 0 Å². The Hall–Kier alpha value is -1.22. The topological polar surface area (TPSA) is 24.5 Å². The highest BCUT2D eigenvalue weighted by Gasteiger charge is 2.23. The van der Waals surface area contributed by atoms with Gasteiger partial charge < -0.3 is 10.1 Å². The largest absolute Gasteiger partial charge is 0.489 e. The molecule has 0 spiro atoms. The zero-order chi connectivity index (χ0) is 13.2. The van der Waals surface area contributed by atoms with Crippen LogP contribution in [-0.2, 0) is 6.42 Å². The van der Waals surface area contributed by atoms with Gasteiger partial charge in [0.15, 0.2) is 0 Å². The minimum atomic E-state index is 0.351. The molecule has 1 atom stereocenters. The fourth-order valence-electron chi connectivity index (χ4n) is 3.08. The Labute approximate surface area is 115 Å². The summed E-state index contributed by atoms with van der Waals surface area (Å²) in [4.78, 5) is 2.52. The summed E-state index contributed by atoms with van der Waals surface area (Å²) in [5, 5.41) is 3.39. The van der Waals surface area contributed by atoms with Gasteiger partial charge in [0, 0.05) is 24.8 Å². The molecule has 2 aliphatic heterocycles. The molecule has 1 aromatic carbocycles. The molecular formula is C16H24N2O. The van der Waals surface area contributed by atoms with Gasteiger partial charge in [-0.05, 0) is 63.4 Å². The van der Waals surface area contributed by atoms with Gasteiger partial charge in [0.1, 0.15) is 11.9 Å². The number of likely N-dealkylation sites (tertiary alicyclic amines) is 1. The number of anilines is 1. The van der Waals surface area contributed by atoms with Gasteiger partial charge in [-0.25, -0.2) is 0 Å². The molecule has 1 fully saturated rings. The van der Waals surface area contributed by atoms with Gasteiger partial charge in [-0.3, -0.25) is 4.90 Å². The predicted molar refractivity (Wildman–Crippen MR) is 79.0 cm³/mol. The van der Waals surface area contributed by atoms with Crippen LogP contribution >= 0.6 is 0 Å². The van der Waals surface area contributed by atoms with Gasteiger partial charge in [0.05, 0.1) is 0 Å². The molecule has 3 rings (SSSR count). The van der Waals surface area contributed by atoms with E-state index in [0.717, 1.165) is 25.3 Å². The quantitative estimate of drug-likeness (QED) is 0.904. The highest BCUT2D eigenvalue weighted by atomic mass is 16.5. The van der Waals surface area contributed by atoms with Gasteiger partial charge in [0.25, 0.3) is 0 Å². The van der Waals surface area contributed by atoms with Crippen molar-refractivity contribution in [3.8, 4) is 5.75 Å². The minimum absolute atomic E-state index is 0.351. The van der Waals surface area contributed by atoms with Crippen molar-refractivity contribution in [1.82, 2.24) is 4.90 Å². The first-order valence-corrected chi connectivity index (χ1v) is 7.50. The molecule has 0 aliphatic carbocycles. The average Bonchev–Trinajstić information content (AvgIpc) is 2.86. The van der Waals surface area contributed by atoms with E-state index in [0.29, 0.717) is 12.1 Å². The molecule has 3 nitrogen and oxygen atoms in total. The van der Waals surface area contributed by atoms with E-state index < -0.39 is 0 Å². The van der Waals surface area contributed by atoms with E-state index in [9.17, 15) is 0 Å². The molecule has 0 bridgehead atoms. The number of hydrogen-bond acceptors (Lipinski definition) is 3. The second-order valence-corrected chi connectivity index (χ2v) is 5.97. The second-order valence-electron chi connectivity index (χ2n) is 5.97. The summed E-state index contributed by atoms with van der Waals surface area (Å²) >= 11 is 0. The molecule has 1 unspecified atom stereocenters. The normalized spacial score (nSPS) is 23.2. The molecule has 0 amide bonds. The first-order valence-electron chi connectivity index (χ1n) is 7.50. The van der Waals surface area contributed by atoms with Crippen molar-refractivity contribution in [2.75, 3.05) is 25.0 Å². The van der Waals surface area contributed by atoms with Crippen LogP contribution in [0, 0.1) is 0 Å². The Morgan fingerprint density at radius 3 is 3.11 bits per heavy atom. The number of rotatable bonds is 3. The molecular weight excluding hydrogens is 236 g/mol. The lowest BCUT2D eigenvalue weighted by Crippen LogP contribution is -2.44. The molecule has 2 aliphatic rings. The number of benzene rings is 1. The first kappa shape index (κ1) is 12.8. The van der Waals surface area contributed by atoms with Crippen LogP contribution in [0.5, 0.6) is 5.75 Å². The van der Waals surface area contributed by atoms with Crippen molar-refractivity contribution in [1.29, 1.82) is 0 Å². The van der Waals surface area contributed by atoms with E-state index in [2.05, 4.69) is 42.3 Å². The summed E-state index contributed by atoms with van der Waals surface area (Å²) in [6.07, 6.45) is 3.90. The van der Waals surface area contributed by atoms with Crippen molar-refractivity contribution in [2.24, 2.45) is 0 Å². The van der Waals surface area contributed by atoms with E-state index in [4.69, 9.17) is 4.74 Å². The van der Waals surface area contributed by atoms with Crippen LogP contribution in [0.15, 0.2) is 18.2 Å². The third kappa shape index (κ3) is 2.86. The second kappa shape index (κ2) is 5.41. The Balaban J connectivity index is 1.64. The highest BCUT2D eigenvalue weighted by Crippen LogP contribution is 2.28. The number of hydrogen-bond donors (Lipinski definition) is 1. The van der Waals surface area contributed by atoms with Gasteiger partial charge in [-0.15, -0.1) is 0 Å². The lowest BCUT2D eigenvalue weighted by Gasteiger charge is -2.35. The highest BCUT2D eigenvalue weighted by molar-refractivity contribution is 5.57. The smallest absolute Gasteiger partial charge is 0.120 e. The minimum Gasteiger partial charge on any atom is -0.489 e. The lowest BCUT2D eigenvalue weighted by molar-refractivity contribution is 0.0706. The van der Waals surface area contributed by atoms with E-state index >= 15 is 0 Å². The third-order valence-corrected chi connectivity index (χ3v) is 4.23. The maximum absolute atomic E-state index is 6.19.